The van der Waals surface area contributed by atoms with E-state index in [1.807, 2.05) is 54.6 Å². The Balaban J connectivity index is 1.84. The summed E-state index contributed by atoms with van der Waals surface area (Å²) in [6.45, 7) is 0.497. The van der Waals surface area contributed by atoms with E-state index in [4.69, 9.17) is 16.3 Å². The van der Waals surface area contributed by atoms with Gasteiger partial charge in [0.25, 0.3) is 0 Å². The molecule has 3 rings (SSSR count). The summed E-state index contributed by atoms with van der Waals surface area (Å²) in [6.07, 6.45) is 1.73. The Morgan fingerprint density at radius 3 is 2.67 bits per heavy atom. The number of nitrogens with zero attached hydrogens (tertiary/aromatic N) is 1. The molecule has 0 spiro atoms. The molecule has 0 N–H and O–H groups in total. The highest BCUT2D eigenvalue weighted by Crippen LogP contribution is 2.23. The van der Waals surface area contributed by atoms with E-state index in [-0.39, 0.29) is 11.8 Å². The molecule has 0 fully saturated rings. The maximum absolute atomic E-state index is 11.8. The van der Waals surface area contributed by atoms with Gasteiger partial charge in [-0.05, 0) is 23.8 Å². The molecule has 2 aromatic carbocycles. The lowest BCUT2D eigenvalue weighted by Gasteiger charge is -2.07. The fraction of sp³-hybridized carbons (Fsp3) is 0.118. The van der Waals surface area contributed by atoms with Gasteiger partial charge in [-0.15, -0.1) is 11.6 Å². The number of aromatic nitrogens is 1. The Morgan fingerprint density at radius 1 is 1.10 bits per heavy atom. The first-order valence-electron chi connectivity index (χ1n) is 6.65. The van der Waals surface area contributed by atoms with Crippen molar-refractivity contribution in [2.24, 2.45) is 0 Å². The van der Waals surface area contributed by atoms with Gasteiger partial charge in [0, 0.05) is 17.6 Å². The van der Waals surface area contributed by atoms with Crippen LogP contribution in [0.2, 0.25) is 0 Å². The zero-order valence-electron chi connectivity index (χ0n) is 11.3. The Morgan fingerprint density at radius 2 is 1.90 bits per heavy atom. The summed E-state index contributed by atoms with van der Waals surface area (Å²) in [7, 11) is 0. The van der Waals surface area contributed by atoms with Crippen molar-refractivity contribution >= 4 is 28.4 Å². The molecule has 0 aliphatic heterocycles. The number of benzene rings is 2. The Kier molecular flexibility index (Phi) is 3.93. The molecule has 0 amide bonds. The third-order valence-corrected chi connectivity index (χ3v) is 3.52. The van der Waals surface area contributed by atoms with Crippen LogP contribution in [0, 0.1) is 0 Å². The molecule has 0 unspecified atom stereocenters. The molecule has 0 saturated carbocycles. The minimum Gasteiger partial charge on any atom is -0.489 e. The maximum atomic E-state index is 11.8. The van der Waals surface area contributed by atoms with Crippen LogP contribution in [0.5, 0.6) is 5.75 Å². The second-order valence-corrected chi connectivity index (χ2v) is 4.98. The number of fused-ring (bicyclic) bond motifs is 1. The minimum absolute atomic E-state index is 0.0428. The average Bonchev–Trinajstić information content (AvgIpc) is 2.96. The number of hydrogen-bond acceptors (Lipinski definition) is 2. The molecule has 3 nitrogen and oxygen atoms in total. The van der Waals surface area contributed by atoms with E-state index in [1.165, 1.54) is 0 Å². The molecule has 106 valence electrons. The summed E-state index contributed by atoms with van der Waals surface area (Å²) in [6, 6.07) is 17.5. The number of ether oxygens (including phenoxy) is 1. The molecule has 0 radical (unpaired) electrons. The fourth-order valence-corrected chi connectivity index (χ4v) is 2.35. The Labute approximate surface area is 127 Å². The van der Waals surface area contributed by atoms with Gasteiger partial charge < -0.3 is 4.74 Å². The number of rotatable bonds is 4. The van der Waals surface area contributed by atoms with Crippen LogP contribution in [0.25, 0.3) is 10.9 Å². The molecule has 1 aromatic heterocycles. The van der Waals surface area contributed by atoms with E-state index in [9.17, 15) is 4.79 Å². The molecule has 3 aromatic rings. The highest BCUT2D eigenvalue weighted by atomic mass is 35.5. The summed E-state index contributed by atoms with van der Waals surface area (Å²) >= 11 is 5.62. The van der Waals surface area contributed by atoms with Crippen LogP contribution < -0.4 is 4.74 Å². The first-order chi connectivity index (χ1) is 10.3. The monoisotopic (exact) mass is 299 g/mol. The minimum atomic E-state index is -0.146. The van der Waals surface area contributed by atoms with Crippen LogP contribution in [0.15, 0.2) is 60.8 Å². The second-order valence-electron chi connectivity index (χ2n) is 4.71. The van der Waals surface area contributed by atoms with Gasteiger partial charge in [0.1, 0.15) is 18.2 Å². The van der Waals surface area contributed by atoms with E-state index >= 15 is 0 Å². The van der Waals surface area contributed by atoms with Crippen molar-refractivity contribution in [3.8, 4) is 5.75 Å². The molecule has 0 saturated heterocycles. The first-order valence-corrected chi connectivity index (χ1v) is 7.18. The highest BCUT2D eigenvalue weighted by Gasteiger charge is 2.08. The summed E-state index contributed by atoms with van der Waals surface area (Å²) in [5, 5.41) is 0.987. The van der Waals surface area contributed by atoms with Gasteiger partial charge in [-0.1, -0.05) is 30.3 Å². The van der Waals surface area contributed by atoms with Crippen molar-refractivity contribution in [1.82, 2.24) is 4.57 Å². The maximum Gasteiger partial charge on any atom is 0.245 e. The van der Waals surface area contributed by atoms with Gasteiger partial charge in [0.05, 0.1) is 5.52 Å². The molecule has 0 bridgehead atoms. The van der Waals surface area contributed by atoms with Gasteiger partial charge in [-0.3, -0.25) is 9.36 Å². The van der Waals surface area contributed by atoms with E-state index in [2.05, 4.69) is 0 Å². The van der Waals surface area contributed by atoms with Crippen molar-refractivity contribution < 1.29 is 9.53 Å². The summed E-state index contributed by atoms with van der Waals surface area (Å²) in [5.74, 6) is 0.541. The number of alkyl halides is 1. The molecule has 4 heteroatoms. The quantitative estimate of drug-likeness (QED) is 0.679. The van der Waals surface area contributed by atoms with Crippen molar-refractivity contribution in [3.05, 3.63) is 66.4 Å². The standard InChI is InChI=1S/C17H14ClNO2/c18-11-17(20)19-9-8-14-6-7-15(10-16(14)19)21-12-13-4-2-1-3-5-13/h1-10H,11-12H2. The third kappa shape index (κ3) is 2.93. The van der Waals surface area contributed by atoms with Crippen LogP contribution in [-0.2, 0) is 6.61 Å². The van der Waals surface area contributed by atoms with Crippen LogP contribution >= 0.6 is 11.6 Å². The largest absolute Gasteiger partial charge is 0.489 e. The molecule has 21 heavy (non-hydrogen) atoms. The van der Waals surface area contributed by atoms with E-state index in [0.717, 1.165) is 22.2 Å². The van der Waals surface area contributed by atoms with E-state index < -0.39 is 0 Å². The van der Waals surface area contributed by atoms with Crippen molar-refractivity contribution in [1.29, 1.82) is 0 Å². The van der Waals surface area contributed by atoms with Crippen molar-refractivity contribution in [2.75, 3.05) is 5.88 Å². The lowest BCUT2D eigenvalue weighted by atomic mass is 10.2. The van der Waals surface area contributed by atoms with Crippen LogP contribution in [0.3, 0.4) is 0 Å². The van der Waals surface area contributed by atoms with E-state index in [1.54, 1.807) is 10.8 Å². The average molecular weight is 300 g/mol. The normalized spacial score (nSPS) is 10.7. The second kappa shape index (κ2) is 6.02. The first kappa shape index (κ1) is 13.7. The predicted molar refractivity (Wildman–Crippen MR) is 84.1 cm³/mol. The number of halogens is 1. The Bertz CT molecular complexity index is 765. The number of carbonyl (C=O) groups is 1. The Hall–Kier alpha value is -2.26. The number of hydrogen-bond donors (Lipinski definition) is 0. The molecular formula is C17H14ClNO2. The summed E-state index contributed by atoms with van der Waals surface area (Å²) in [5.41, 5.74) is 1.91. The SMILES string of the molecule is O=C(CCl)n1ccc2ccc(OCc3ccccc3)cc21. The van der Waals surface area contributed by atoms with Gasteiger partial charge in [0.15, 0.2) is 0 Å². The van der Waals surface area contributed by atoms with Crippen molar-refractivity contribution in [2.45, 2.75) is 6.61 Å². The van der Waals surface area contributed by atoms with Crippen molar-refractivity contribution in [3.63, 3.8) is 0 Å². The molecule has 1 heterocycles. The summed E-state index contributed by atoms with van der Waals surface area (Å²) < 4.78 is 7.33. The topological polar surface area (TPSA) is 31.2 Å². The fourth-order valence-electron chi connectivity index (χ4n) is 2.22. The van der Waals surface area contributed by atoms with Gasteiger partial charge in [-0.2, -0.15) is 0 Å². The zero-order valence-corrected chi connectivity index (χ0v) is 12.1. The van der Waals surface area contributed by atoms with Crippen LogP contribution in [-0.4, -0.2) is 16.4 Å². The molecule has 0 aliphatic carbocycles. The van der Waals surface area contributed by atoms with Crippen LogP contribution in [0.4, 0.5) is 0 Å². The number of carbonyl (C=O) groups excluding carboxylic acids is 1. The molecular weight excluding hydrogens is 286 g/mol. The molecule has 0 atom stereocenters. The van der Waals surface area contributed by atoms with Crippen LogP contribution in [0.1, 0.15) is 10.4 Å². The van der Waals surface area contributed by atoms with Gasteiger partial charge in [-0.25, -0.2) is 0 Å². The lowest BCUT2D eigenvalue weighted by molar-refractivity contribution is 0.0945. The van der Waals surface area contributed by atoms with E-state index in [0.29, 0.717) is 6.61 Å². The molecule has 0 aliphatic rings. The van der Waals surface area contributed by atoms with Gasteiger partial charge in [0.2, 0.25) is 5.91 Å². The lowest BCUT2D eigenvalue weighted by Crippen LogP contribution is -2.10. The third-order valence-electron chi connectivity index (χ3n) is 3.30. The smallest absolute Gasteiger partial charge is 0.245 e. The van der Waals surface area contributed by atoms with Gasteiger partial charge >= 0.3 is 0 Å². The zero-order chi connectivity index (χ0) is 14.7. The summed E-state index contributed by atoms with van der Waals surface area (Å²) in [4.78, 5) is 11.8. The predicted octanol–water partition coefficient (Wildman–Crippen LogP) is 4.10. The highest BCUT2D eigenvalue weighted by molar-refractivity contribution is 6.28.